The number of carboxylic acid groups (broad SMARTS) is 1. The van der Waals surface area contributed by atoms with E-state index in [-0.39, 0.29) is 18.4 Å². The monoisotopic (exact) mass is 311 g/mol. The Bertz CT molecular complexity index is 526. The first-order chi connectivity index (χ1) is 9.83. The Morgan fingerprint density at radius 1 is 1.52 bits per heavy atom. The molecule has 0 bridgehead atoms. The van der Waals surface area contributed by atoms with Crippen molar-refractivity contribution < 1.29 is 19.4 Å². The molecular weight excluding hydrogens is 290 g/mol. The Kier molecular flexibility index (Phi) is 4.39. The van der Waals surface area contributed by atoms with Gasteiger partial charge in [-0.05, 0) is 18.4 Å². The van der Waals surface area contributed by atoms with Crippen molar-refractivity contribution in [2.24, 2.45) is 5.41 Å². The van der Waals surface area contributed by atoms with Crippen molar-refractivity contribution >= 4 is 23.2 Å². The molecule has 0 aliphatic heterocycles. The number of rotatable bonds is 6. The number of amides is 1. The van der Waals surface area contributed by atoms with Gasteiger partial charge in [-0.25, -0.2) is 4.79 Å². The van der Waals surface area contributed by atoms with Gasteiger partial charge in [-0.1, -0.05) is 19.9 Å². The van der Waals surface area contributed by atoms with Gasteiger partial charge in [0.05, 0.1) is 12.5 Å². The molecule has 6 heteroatoms. The second-order valence-electron chi connectivity index (χ2n) is 5.88. The van der Waals surface area contributed by atoms with Crippen molar-refractivity contribution in [2.75, 3.05) is 6.61 Å². The van der Waals surface area contributed by atoms with Crippen LogP contribution in [0.2, 0.25) is 0 Å². The molecule has 0 radical (unpaired) electrons. The van der Waals surface area contributed by atoms with Crippen LogP contribution in [0.3, 0.4) is 0 Å². The summed E-state index contributed by atoms with van der Waals surface area (Å²) in [5.74, 6) is -1.26. The van der Waals surface area contributed by atoms with Gasteiger partial charge in [0.1, 0.15) is 5.54 Å². The lowest BCUT2D eigenvalue weighted by molar-refractivity contribution is -0.194. The fourth-order valence-electron chi connectivity index (χ4n) is 2.89. The minimum absolute atomic E-state index is 0.152. The summed E-state index contributed by atoms with van der Waals surface area (Å²) in [6.45, 7) is 6.08. The van der Waals surface area contributed by atoms with Gasteiger partial charge >= 0.3 is 5.97 Å². The standard InChI is InChI=1S/C15H21NO4S/c1-4-20-11-9-15(13(18)19,14(11,2)3)16-12(17)8-10-6-5-7-21-10/h5-7,11H,4,8-9H2,1-3H3,(H,16,17)(H,18,19). The highest BCUT2D eigenvalue weighted by Gasteiger charge is 2.66. The van der Waals surface area contributed by atoms with Gasteiger partial charge in [-0.3, -0.25) is 4.79 Å². The molecule has 2 rings (SSSR count). The Balaban J connectivity index is 2.10. The Morgan fingerprint density at radius 3 is 2.71 bits per heavy atom. The maximum atomic E-state index is 12.2. The van der Waals surface area contributed by atoms with E-state index in [1.807, 2.05) is 38.3 Å². The highest BCUT2D eigenvalue weighted by atomic mass is 32.1. The van der Waals surface area contributed by atoms with Crippen molar-refractivity contribution in [3.05, 3.63) is 22.4 Å². The summed E-state index contributed by atoms with van der Waals surface area (Å²) < 4.78 is 5.57. The highest BCUT2D eigenvalue weighted by Crippen LogP contribution is 2.51. The summed E-state index contributed by atoms with van der Waals surface area (Å²) in [6, 6.07) is 3.74. The van der Waals surface area contributed by atoms with Crippen molar-refractivity contribution in [2.45, 2.75) is 45.3 Å². The van der Waals surface area contributed by atoms with Crippen LogP contribution in [0, 0.1) is 5.41 Å². The molecule has 1 fully saturated rings. The van der Waals surface area contributed by atoms with Crippen LogP contribution in [0.25, 0.3) is 0 Å². The molecule has 1 aliphatic rings. The number of carbonyl (C=O) groups excluding carboxylic acids is 1. The zero-order valence-corrected chi connectivity index (χ0v) is 13.3. The zero-order valence-electron chi connectivity index (χ0n) is 12.5. The first-order valence-corrected chi connectivity index (χ1v) is 7.90. The second kappa shape index (κ2) is 5.77. The molecule has 1 saturated carbocycles. The summed E-state index contributed by atoms with van der Waals surface area (Å²) >= 11 is 1.49. The van der Waals surface area contributed by atoms with E-state index in [4.69, 9.17) is 4.74 Å². The van der Waals surface area contributed by atoms with Crippen molar-refractivity contribution in [1.82, 2.24) is 5.32 Å². The Morgan fingerprint density at radius 2 is 2.24 bits per heavy atom. The average Bonchev–Trinajstić information content (AvgIpc) is 2.89. The average molecular weight is 311 g/mol. The number of hydrogen-bond donors (Lipinski definition) is 2. The molecule has 5 nitrogen and oxygen atoms in total. The summed E-state index contributed by atoms with van der Waals surface area (Å²) in [4.78, 5) is 24.8. The van der Waals surface area contributed by atoms with E-state index in [1.165, 1.54) is 11.3 Å². The summed E-state index contributed by atoms with van der Waals surface area (Å²) in [5, 5.41) is 14.2. The van der Waals surface area contributed by atoms with E-state index >= 15 is 0 Å². The van der Waals surface area contributed by atoms with Crippen molar-refractivity contribution in [1.29, 1.82) is 0 Å². The Hall–Kier alpha value is -1.40. The fourth-order valence-corrected chi connectivity index (χ4v) is 3.59. The molecule has 0 aromatic carbocycles. The van der Waals surface area contributed by atoms with Gasteiger partial charge in [0.2, 0.25) is 5.91 Å². The van der Waals surface area contributed by atoms with Gasteiger partial charge in [0.25, 0.3) is 0 Å². The van der Waals surface area contributed by atoms with Crippen molar-refractivity contribution in [3.8, 4) is 0 Å². The molecule has 116 valence electrons. The molecule has 2 N–H and O–H groups in total. The number of hydrogen-bond acceptors (Lipinski definition) is 4. The van der Waals surface area contributed by atoms with Crippen LogP contribution in [0.15, 0.2) is 17.5 Å². The molecule has 1 aromatic rings. The fraction of sp³-hybridized carbons (Fsp3) is 0.600. The van der Waals surface area contributed by atoms with E-state index in [1.54, 1.807) is 0 Å². The van der Waals surface area contributed by atoms with Gasteiger partial charge in [0.15, 0.2) is 0 Å². The van der Waals surface area contributed by atoms with Crippen LogP contribution in [0.4, 0.5) is 0 Å². The summed E-state index contributed by atoms with van der Waals surface area (Å²) in [6.07, 6.45) is 0.363. The largest absolute Gasteiger partial charge is 0.479 e. The van der Waals surface area contributed by atoms with Crippen LogP contribution >= 0.6 is 11.3 Å². The minimum Gasteiger partial charge on any atom is -0.479 e. The van der Waals surface area contributed by atoms with Gasteiger partial charge in [-0.2, -0.15) is 0 Å². The quantitative estimate of drug-likeness (QED) is 0.843. The smallest absolute Gasteiger partial charge is 0.330 e. The number of thiophene rings is 1. The summed E-state index contributed by atoms with van der Waals surface area (Å²) in [5.41, 5.74) is -1.89. The third-order valence-corrected chi connectivity index (χ3v) is 5.27. The topological polar surface area (TPSA) is 75.6 Å². The maximum Gasteiger partial charge on any atom is 0.330 e. The molecular formula is C15H21NO4S. The third kappa shape index (κ3) is 2.70. The number of carboxylic acids is 1. The van der Waals surface area contributed by atoms with Crippen LogP contribution in [-0.2, 0) is 20.7 Å². The third-order valence-electron chi connectivity index (χ3n) is 4.40. The van der Waals surface area contributed by atoms with E-state index in [0.717, 1.165) is 4.88 Å². The summed E-state index contributed by atoms with van der Waals surface area (Å²) in [7, 11) is 0. The normalized spacial score (nSPS) is 26.9. The van der Waals surface area contributed by atoms with E-state index in [2.05, 4.69) is 5.32 Å². The molecule has 2 unspecified atom stereocenters. The number of carbonyl (C=O) groups is 2. The number of ether oxygens (including phenoxy) is 1. The predicted octanol–water partition coefficient (Wildman–Crippen LogP) is 2.07. The molecule has 2 atom stereocenters. The first kappa shape index (κ1) is 16.0. The van der Waals surface area contributed by atoms with E-state index in [9.17, 15) is 14.7 Å². The molecule has 1 heterocycles. The van der Waals surface area contributed by atoms with E-state index < -0.39 is 16.9 Å². The zero-order chi connectivity index (χ0) is 15.7. The van der Waals surface area contributed by atoms with Crippen LogP contribution < -0.4 is 5.32 Å². The molecule has 0 saturated heterocycles. The first-order valence-electron chi connectivity index (χ1n) is 7.02. The predicted molar refractivity (Wildman–Crippen MR) is 80.3 cm³/mol. The van der Waals surface area contributed by atoms with Crippen LogP contribution in [0.1, 0.15) is 32.1 Å². The lowest BCUT2D eigenvalue weighted by Crippen LogP contribution is -2.76. The number of nitrogens with one attached hydrogen (secondary N) is 1. The van der Waals surface area contributed by atoms with Crippen LogP contribution in [0.5, 0.6) is 0 Å². The molecule has 1 amide bonds. The van der Waals surface area contributed by atoms with E-state index in [0.29, 0.717) is 13.0 Å². The number of aliphatic carboxylic acids is 1. The SMILES string of the molecule is CCOC1CC(NC(=O)Cc2cccs2)(C(=O)O)C1(C)C. The van der Waals surface area contributed by atoms with Gasteiger partial charge < -0.3 is 15.2 Å². The van der Waals surface area contributed by atoms with Gasteiger partial charge in [0, 0.05) is 23.3 Å². The Labute approximate surface area is 128 Å². The maximum absolute atomic E-state index is 12.2. The van der Waals surface area contributed by atoms with Crippen molar-refractivity contribution in [3.63, 3.8) is 0 Å². The second-order valence-corrected chi connectivity index (χ2v) is 6.92. The lowest BCUT2D eigenvalue weighted by atomic mass is 9.54. The lowest BCUT2D eigenvalue weighted by Gasteiger charge is -2.58. The minimum atomic E-state index is -1.25. The highest BCUT2D eigenvalue weighted by molar-refractivity contribution is 7.10. The van der Waals surface area contributed by atoms with Gasteiger partial charge in [-0.15, -0.1) is 11.3 Å². The molecule has 1 aromatic heterocycles. The molecule has 21 heavy (non-hydrogen) atoms. The van der Waals surface area contributed by atoms with Crippen LogP contribution in [-0.4, -0.2) is 35.2 Å². The molecule has 1 aliphatic carbocycles. The molecule has 0 spiro atoms.